The monoisotopic (exact) mass is 240 g/mol. The Kier molecular flexibility index (Phi) is 4.47. The second-order valence-corrected chi connectivity index (χ2v) is 4.40. The molecule has 17 heavy (non-hydrogen) atoms. The Hall–Kier alpha value is -0.980. The Labute approximate surface area is 101 Å². The van der Waals surface area contributed by atoms with E-state index in [2.05, 4.69) is 15.0 Å². The zero-order valence-electron chi connectivity index (χ0n) is 10.3. The van der Waals surface area contributed by atoms with Gasteiger partial charge in [0.25, 0.3) is 0 Å². The third kappa shape index (κ3) is 3.49. The number of rotatable bonds is 6. The van der Waals surface area contributed by atoms with E-state index in [0.717, 1.165) is 19.6 Å². The van der Waals surface area contributed by atoms with Crippen LogP contribution in [0.15, 0.2) is 4.52 Å². The summed E-state index contributed by atoms with van der Waals surface area (Å²) in [6, 6.07) is -0.159. The van der Waals surface area contributed by atoms with Crippen LogP contribution < -0.4 is 5.73 Å². The number of likely N-dealkylation sites (tertiary alicyclic amines) is 1. The van der Waals surface area contributed by atoms with E-state index in [-0.39, 0.29) is 6.04 Å². The standard InChI is InChI=1S/C11H20N4O2/c1-16-7-4-10-13-11(14-17-10)9(12)8-15-5-2-3-6-15/h9H,2-8,12H2,1H3. The average Bonchev–Trinajstić information content (AvgIpc) is 2.96. The van der Waals surface area contributed by atoms with E-state index in [1.807, 2.05) is 0 Å². The molecule has 96 valence electrons. The molecule has 0 amide bonds. The van der Waals surface area contributed by atoms with E-state index < -0.39 is 0 Å². The number of aromatic nitrogens is 2. The summed E-state index contributed by atoms with van der Waals surface area (Å²) < 4.78 is 10.1. The molecule has 0 aliphatic carbocycles. The molecule has 1 aliphatic rings. The number of nitrogens with zero attached hydrogens (tertiary/aromatic N) is 3. The van der Waals surface area contributed by atoms with E-state index in [0.29, 0.717) is 24.7 Å². The summed E-state index contributed by atoms with van der Waals surface area (Å²) in [5.41, 5.74) is 6.06. The fraction of sp³-hybridized carbons (Fsp3) is 0.818. The predicted octanol–water partition coefficient (Wildman–Crippen LogP) is 0.354. The minimum atomic E-state index is -0.159. The lowest BCUT2D eigenvalue weighted by molar-refractivity contribution is 0.192. The summed E-state index contributed by atoms with van der Waals surface area (Å²) in [7, 11) is 1.65. The molecule has 2 rings (SSSR count). The highest BCUT2D eigenvalue weighted by Gasteiger charge is 2.19. The fourth-order valence-corrected chi connectivity index (χ4v) is 2.03. The van der Waals surface area contributed by atoms with Crippen molar-refractivity contribution in [3.63, 3.8) is 0 Å². The van der Waals surface area contributed by atoms with E-state index in [9.17, 15) is 0 Å². The minimum absolute atomic E-state index is 0.159. The lowest BCUT2D eigenvalue weighted by Crippen LogP contribution is -2.30. The van der Waals surface area contributed by atoms with Gasteiger partial charge in [0.2, 0.25) is 5.89 Å². The van der Waals surface area contributed by atoms with Crippen molar-refractivity contribution in [2.45, 2.75) is 25.3 Å². The van der Waals surface area contributed by atoms with Crippen LogP contribution >= 0.6 is 0 Å². The molecule has 1 aliphatic heterocycles. The van der Waals surface area contributed by atoms with Gasteiger partial charge in [-0.2, -0.15) is 4.98 Å². The van der Waals surface area contributed by atoms with Crippen molar-refractivity contribution in [2.24, 2.45) is 5.73 Å². The maximum Gasteiger partial charge on any atom is 0.229 e. The Morgan fingerprint density at radius 3 is 2.94 bits per heavy atom. The van der Waals surface area contributed by atoms with Gasteiger partial charge in [-0.25, -0.2) is 0 Å². The molecule has 0 bridgehead atoms. The number of ether oxygens (including phenoxy) is 1. The highest BCUT2D eigenvalue weighted by atomic mass is 16.5. The maximum atomic E-state index is 6.06. The quantitative estimate of drug-likeness (QED) is 0.773. The van der Waals surface area contributed by atoms with Gasteiger partial charge in [0.15, 0.2) is 5.82 Å². The van der Waals surface area contributed by atoms with Crippen molar-refractivity contribution in [3.05, 3.63) is 11.7 Å². The van der Waals surface area contributed by atoms with Gasteiger partial charge >= 0.3 is 0 Å². The van der Waals surface area contributed by atoms with Crippen LogP contribution in [-0.2, 0) is 11.2 Å². The topological polar surface area (TPSA) is 77.4 Å². The van der Waals surface area contributed by atoms with Crippen LogP contribution in [0.3, 0.4) is 0 Å². The molecule has 2 N–H and O–H groups in total. The fourth-order valence-electron chi connectivity index (χ4n) is 2.03. The first-order valence-electron chi connectivity index (χ1n) is 6.09. The lowest BCUT2D eigenvalue weighted by Gasteiger charge is -2.17. The van der Waals surface area contributed by atoms with Crippen molar-refractivity contribution < 1.29 is 9.26 Å². The Morgan fingerprint density at radius 1 is 1.47 bits per heavy atom. The Morgan fingerprint density at radius 2 is 2.24 bits per heavy atom. The second-order valence-electron chi connectivity index (χ2n) is 4.40. The van der Waals surface area contributed by atoms with Crippen LogP contribution in [0.5, 0.6) is 0 Å². The number of hydrogen-bond donors (Lipinski definition) is 1. The first kappa shape index (κ1) is 12.5. The van der Waals surface area contributed by atoms with Gasteiger partial charge in [-0.3, -0.25) is 0 Å². The second kappa shape index (κ2) is 6.09. The third-order valence-corrected chi connectivity index (χ3v) is 2.99. The van der Waals surface area contributed by atoms with Crippen molar-refractivity contribution in [2.75, 3.05) is 33.4 Å². The van der Waals surface area contributed by atoms with Crippen LogP contribution in [-0.4, -0.2) is 48.4 Å². The molecule has 6 nitrogen and oxygen atoms in total. The number of hydrogen-bond acceptors (Lipinski definition) is 6. The maximum absolute atomic E-state index is 6.06. The van der Waals surface area contributed by atoms with Crippen molar-refractivity contribution in [1.82, 2.24) is 15.0 Å². The molecular formula is C11H20N4O2. The van der Waals surface area contributed by atoms with Gasteiger partial charge in [-0.05, 0) is 25.9 Å². The summed E-state index contributed by atoms with van der Waals surface area (Å²) >= 11 is 0. The van der Waals surface area contributed by atoms with Gasteiger partial charge in [0.05, 0.1) is 19.1 Å². The minimum Gasteiger partial charge on any atom is -0.384 e. The predicted molar refractivity (Wildman–Crippen MR) is 62.5 cm³/mol. The highest BCUT2D eigenvalue weighted by molar-refractivity contribution is 4.94. The van der Waals surface area contributed by atoms with Crippen LogP contribution in [0.4, 0.5) is 0 Å². The normalized spacial score (nSPS) is 18.7. The van der Waals surface area contributed by atoms with Gasteiger partial charge in [-0.15, -0.1) is 0 Å². The molecular weight excluding hydrogens is 220 g/mol. The Bertz CT molecular complexity index is 336. The molecule has 1 aromatic rings. The van der Waals surface area contributed by atoms with Crippen LogP contribution in [0, 0.1) is 0 Å². The van der Waals surface area contributed by atoms with Gasteiger partial charge < -0.3 is 19.9 Å². The van der Waals surface area contributed by atoms with Crippen LogP contribution in [0.2, 0.25) is 0 Å². The van der Waals surface area contributed by atoms with E-state index in [1.165, 1.54) is 12.8 Å². The van der Waals surface area contributed by atoms with Crippen molar-refractivity contribution in [1.29, 1.82) is 0 Å². The molecule has 1 unspecified atom stereocenters. The third-order valence-electron chi connectivity index (χ3n) is 2.99. The van der Waals surface area contributed by atoms with Crippen molar-refractivity contribution in [3.8, 4) is 0 Å². The van der Waals surface area contributed by atoms with Gasteiger partial charge in [0.1, 0.15) is 0 Å². The highest BCUT2D eigenvalue weighted by Crippen LogP contribution is 2.13. The summed E-state index contributed by atoms with van der Waals surface area (Å²) in [6.45, 7) is 3.65. The average molecular weight is 240 g/mol. The number of methoxy groups -OCH3 is 1. The number of nitrogens with two attached hydrogens (primary N) is 1. The molecule has 1 saturated heterocycles. The zero-order valence-corrected chi connectivity index (χ0v) is 10.3. The first-order valence-corrected chi connectivity index (χ1v) is 6.09. The molecule has 6 heteroatoms. The SMILES string of the molecule is COCCc1nc(C(N)CN2CCCC2)no1. The molecule has 1 fully saturated rings. The molecule has 0 aromatic carbocycles. The van der Waals surface area contributed by atoms with Crippen LogP contribution in [0.25, 0.3) is 0 Å². The summed E-state index contributed by atoms with van der Waals surface area (Å²) in [4.78, 5) is 6.62. The van der Waals surface area contributed by atoms with Gasteiger partial charge in [0, 0.05) is 13.7 Å². The van der Waals surface area contributed by atoms with Gasteiger partial charge in [-0.1, -0.05) is 5.16 Å². The molecule has 2 heterocycles. The van der Waals surface area contributed by atoms with Crippen LogP contribution in [0.1, 0.15) is 30.6 Å². The summed E-state index contributed by atoms with van der Waals surface area (Å²) in [6.07, 6.45) is 3.16. The first-order chi connectivity index (χ1) is 8.29. The summed E-state index contributed by atoms with van der Waals surface area (Å²) in [5.74, 6) is 1.20. The molecule has 0 spiro atoms. The lowest BCUT2D eigenvalue weighted by atomic mass is 10.3. The largest absolute Gasteiger partial charge is 0.384 e. The smallest absolute Gasteiger partial charge is 0.229 e. The van der Waals surface area contributed by atoms with E-state index >= 15 is 0 Å². The molecule has 0 saturated carbocycles. The molecule has 1 aromatic heterocycles. The zero-order chi connectivity index (χ0) is 12.1. The van der Waals surface area contributed by atoms with E-state index in [4.69, 9.17) is 15.0 Å². The molecule has 1 atom stereocenters. The van der Waals surface area contributed by atoms with Crippen molar-refractivity contribution >= 4 is 0 Å². The summed E-state index contributed by atoms with van der Waals surface area (Å²) in [5, 5.41) is 3.92. The molecule has 0 radical (unpaired) electrons. The Balaban J connectivity index is 1.85. The van der Waals surface area contributed by atoms with E-state index in [1.54, 1.807) is 7.11 Å².